The summed E-state index contributed by atoms with van der Waals surface area (Å²) >= 11 is 0. The summed E-state index contributed by atoms with van der Waals surface area (Å²) in [5.74, 6) is 0.458. The third-order valence-corrected chi connectivity index (χ3v) is 8.06. The van der Waals surface area contributed by atoms with Crippen molar-refractivity contribution >= 4 is 21.6 Å². The van der Waals surface area contributed by atoms with Crippen LogP contribution in [0.15, 0.2) is 29.2 Å². The molecule has 0 heterocycles. The minimum atomic E-state index is -3.58. The largest absolute Gasteiger partial charge is 0.326 e. The van der Waals surface area contributed by atoms with E-state index in [1.807, 2.05) is 0 Å². The highest BCUT2D eigenvalue weighted by Crippen LogP contribution is 2.66. The maximum Gasteiger partial charge on any atom is 0.241 e. The summed E-state index contributed by atoms with van der Waals surface area (Å²) < 4.78 is 29.2. The van der Waals surface area contributed by atoms with Gasteiger partial charge in [-0.2, -0.15) is 0 Å². The van der Waals surface area contributed by atoms with Crippen LogP contribution in [0.5, 0.6) is 0 Å². The molecule has 1 aromatic carbocycles. The van der Waals surface area contributed by atoms with Crippen LogP contribution in [-0.4, -0.2) is 19.9 Å². The lowest BCUT2D eigenvalue weighted by molar-refractivity contribution is -0.114. The number of carbonyl (C=O) groups excluding carboxylic acids is 1. The molecule has 5 nitrogen and oxygen atoms in total. The molecule has 6 heteroatoms. The molecule has 2 N–H and O–H groups in total. The topological polar surface area (TPSA) is 75.3 Å². The number of rotatable bonds is 4. The molecule has 0 aromatic heterocycles. The van der Waals surface area contributed by atoms with Crippen molar-refractivity contribution in [2.75, 3.05) is 5.32 Å². The Kier molecular flexibility index (Phi) is 3.84. The summed E-state index contributed by atoms with van der Waals surface area (Å²) in [7, 11) is -3.58. The molecule has 142 valence electrons. The predicted octanol–water partition coefficient (Wildman–Crippen LogP) is 3.67. The lowest BCUT2D eigenvalue weighted by Gasteiger charge is -2.65. The summed E-state index contributed by atoms with van der Waals surface area (Å²) in [6.45, 7) is 6.10. The van der Waals surface area contributed by atoms with Crippen molar-refractivity contribution in [3.8, 4) is 0 Å². The van der Waals surface area contributed by atoms with Gasteiger partial charge in [0.2, 0.25) is 15.9 Å². The van der Waals surface area contributed by atoms with E-state index in [9.17, 15) is 13.2 Å². The number of benzene rings is 1. The Morgan fingerprint density at radius 2 is 1.58 bits per heavy atom. The van der Waals surface area contributed by atoms with Crippen LogP contribution in [0, 0.1) is 16.7 Å². The fraction of sp³-hybridized carbons (Fsp3) is 0.650. The Morgan fingerprint density at radius 3 is 2.08 bits per heavy atom. The monoisotopic (exact) mass is 376 g/mol. The zero-order chi connectivity index (χ0) is 18.8. The third-order valence-electron chi connectivity index (χ3n) is 6.46. The first kappa shape index (κ1) is 18.0. The number of anilines is 1. The first-order valence-electron chi connectivity index (χ1n) is 9.42. The van der Waals surface area contributed by atoms with Gasteiger partial charge in [-0.3, -0.25) is 4.79 Å². The highest BCUT2D eigenvalue weighted by Gasteiger charge is 2.61. The molecule has 1 amide bonds. The van der Waals surface area contributed by atoms with Gasteiger partial charge in [-0.05, 0) is 79.5 Å². The molecule has 26 heavy (non-hydrogen) atoms. The molecule has 0 aliphatic heterocycles. The fourth-order valence-corrected chi connectivity index (χ4v) is 8.24. The van der Waals surface area contributed by atoms with Gasteiger partial charge in [0.15, 0.2) is 0 Å². The second-order valence-electron chi connectivity index (χ2n) is 9.72. The average Bonchev–Trinajstić information content (AvgIpc) is 2.41. The van der Waals surface area contributed by atoms with Gasteiger partial charge >= 0.3 is 0 Å². The van der Waals surface area contributed by atoms with E-state index in [1.165, 1.54) is 26.2 Å². The average molecular weight is 377 g/mol. The van der Waals surface area contributed by atoms with Crippen LogP contribution >= 0.6 is 0 Å². The van der Waals surface area contributed by atoms with Crippen LogP contribution in [0.3, 0.4) is 0 Å². The quantitative estimate of drug-likeness (QED) is 0.842. The van der Waals surface area contributed by atoms with Crippen LogP contribution < -0.4 is 10.0 Å². The third kappa shape index (κ3) is 3.18. The van der Waals surface area contributed by atoms with E-state index < -0.39 is 10.0 Å². The number of carbonyl (C=O) groups is 1. The molecule has 1 aromatic rings. The van der Waals surface area contributed by atoms with E-state index in [2.05, 4.69) is 23.9 Å². The van der Waals surface area contributed by atoms with Gasteiger partial charge in [0.25, 0.3) is 0 Å². The standard InChI is InChI=1S/C20H28N2O3S/c1-14(23)21-16-4-6-17(7-5-16)26(24,25)22-20-10-15-8-18(2,12-20)11-19(3,9-15)13-20/h4-7,15,22H,8-13H2,1-3H3,(H,21,23)/t15?,18-,19+,20?. The molecule has 2 unspecified atom stereocenters. The smallest absolute Gasteiger partial charge is 0.241 e. The number of hydrogen-bond acceptors (Lipinski definition) is 3. The SMILES string of the molecule is CC(=O)Nc1ccc(S(=O)(=O)NC23CC4C[C@@](C)(C2)C[C@](C)(C4)C3)cc1. The molecule has 0 radical (unpaired) electrons. The molecule has 5 rings (SSSR count). The van der Waals surface area contributed by atoms with Gasteiger partial charge in [-0.15, -0.1) is 0 Å². The predicted molar refractivity (Wildman–Crippen MR) is 101 cm³/mol. The molecule has 4 bridgehead atoms. The minimum absolute atomic E-state index is 0.172. The van der Waals surface area contributed by atoms with Crippen molar-refractivity contribution in [1.82, 2.24) is 4.72 Å². The summed E-state index contributed by atoms with van der Waals surface area (Å²) in [6, 6.07) is 6.41. The van der Waals surface area contributed by atoms with Crippen LogP contribution in [-0.2, 0) is 14.8 Å². The van der Waals surface area contributed by atoms with Crippen molar-refractivity contribution in [3.63, 3.8) is 0 Å². The molecule has 4 saturated carbocycles. The first-order valence-corrected chi connectivity index (χ1v) is 10.9. The summed E-state index contributed by atoms with van der Waals surface area (Å²) in [6.07, 6.45) is 6.52. The first-order chi connectivity index (χ1) is 12.0. The fourth-order valence-electron chi connectivity index (χ4n) is 6.83. The van der Waals surface area contributed by atoms with Crippen molar-refractivity contribution in [2.24, 2.45) is 16.7 Å². The van der Waals surface area contributed by atoms with E-state index in [1.54, 1.807) is 24.3 Å². The Labute approximate surface area is 156 Å². The number of amides is 1. The molecule has 0 spiro atoms. The van der Waals surface area contributed by atoms with E-state index >= 15 is 0 Å². The summed E-state index contributed by atoms with van der Waals surface area (Å²) in [4.78, 5) is 11.4. The Balaban J connectivity index is 1.59. The van der Waals surface area contributed by atoms with E-state index in [0.717, 1.165) is 19.3 Å². The van der Waals surface area contributed by atoms with Gasteiger partial charge in [0.05, 0.1) is 4.90 Å². The molecule has 4 fully saturated rings. The van der Waals surface area contributed by atoms with Gasteiger partial charge in [-0.25, -0.2) is 13.1 Å². The lowest BCUT2D eigenvalue weighted by Crippen LogP contribution is -2.65. The maximum absolute atomic E-state index is 13.1. The van der Waals surface area contributed by atoms with Crippen molar-refractivity contribution in [1.29, 1.82) is 0 Å². The molecule has 4 aliphatic rings. The zero-order valence-electron chi connectivity index (χ0n) is 15.8. The Morgan fingerprint density at radius 1 is 1.00 bits per heavy atom. The van der Waals surface area contributed by atoms with Gasteiger partial charge in [0.1, 0.15) is 0 Å². The van der Waals surface area contributed by atoms with Gasteiger partial charge < -0.3 is 5.32 Å². The van der Waals surface area contributed by atoms with E-state index in [-0.39, 0.29) is 27.2 Å². The number of sulfonamides is 1. The highest BCUT2D eigenvalue weighted by molar-refractivity contribution is 7.89. The molecular weight excluding hydrogens is 348 g/mol. The zero-order valence-corrected chi connectivity index (χ0v) is 16.6. The molecule has 4 aliphatic carbocycles. The van der Waals surface area contributed by atoms with E-state index in [4.69, 9.17) is 0 Å². The normalized spacial score (nSPS) is 38.3. The number of nitrogens with one attached hydrogen (secondary N) is 2. The highest BCUT2D eigenvalue weighted by atomic mass is 32.2. The van der Waals surface area contributed by atoms with Gasteiger partial charge in [0, 0.05) is 18.2 Å². The van der Waals surface area contributed by atoms with Crippen LogP contribution in [0.2, 0.25) is 0 Å². The number of hydrogen-bond donors (Lipinski definition) is 2. The second-order valence-corrected chi connectivity index (χ2v) is 11.4. The van der Waals surface area contributed by atoms with Crippen LogP contribution in [0.25, 0.3) is 0 Å². The lowest BCUT2D eigenvalue weighted by atomic mass is 9.43. The van der Waals surface area contributed by atoms with Crippen molar-refractivity contribution in [3.05, 3.63) is 24.3 Å². The van der Waals surface area contributed by atoms with Crippen LogP contribution in [0.1, 0.15) is 59.3 Å². The molecular formula is C20H28N2O3S. The van der Waals surface area contributed by atoms with Crippen molar-refractivity contribution in [2.45, 2.75) is 69.7 Å². The Bertz CT molecular complexity index is 828. The summed E-state index contributed by atoms with van der Waals surface area (Å²) in [5.41, 5.74) is 0.807. The molecule has 4 atom stereocenters. The Hall–Kier alpha value is -1.40. The minimum Gasteiger partial charge on any atom is -0.326 e. The van der Waals surface area contributed by atoms with Crippen LogP contribution in [0.4, 0.5) is 5.69 Å². The maximum atomic E-state index is 13.1. The molecule has 0 saturated heterocycles. The van der Waals surface area contributed by atoms with Crippen molar-refractivity contribution < 1.29 is 13.2 Å². The second kappa shape index (κ2) is 5.55. The van der Waals surface area contributed by atoms with Gasteiger partial charge in [-0.1, -0.05) is 13.8 Å². The van der Waals surface area contributed by atoms with E-state index in [0.29, 0.717) is 11.6 Å². The summed E-state index contributed by atoms with van der Waals surface area (Å²) in [5, 5.41) is 2.67.